The molecule has 2 aliphatic carbocycles. The van der Waals surface area contributed by atoms with Gasteiger partial charge in [-0.25, -0.2) is 0 Å². The maximum atomic E-state index is 11.4. The highest BCUT2D eigenvalue weighted by molar-refractivity contribution is 5.60. The Morgan fingerprint density at radius 1 is 1.00 bits per heavy atom. The van der Waals surface area contributed by atoms with E-state index in [0.29, 0.717) is 12.0 Å². The van der Waals surface area contributed by atoms with Crippen LogP contribution in [0.15, 0.2) is 0 Å². The van der Waals surface area contributed by atoms with E-state index in [1.54, 1.807) is 0 Å². The van der Waals surface area contributed by atoms with Crippen molar-refractivity contribution in [3.8, 4) is 0 Å². The lowest BCUT2D eigenvalue weighted by Crippen LogP contribution is -2.40. The largest absolute Gasteiger partial charge is 0.328 e. The molecule has 2 rings (SSSR count). The van der Waals surface area contributed by atoms with E-state index in [4.69, 9.17) is 5.73 Å². The molecule has 0 aromatic rings. The van der Waals surface area contributed by atoms with Crippen LogP contribution in [0.4, 0.5) is 0 Å². The first-order chi connectivity index (χ1) is 7.27. The molecule has 0 bridgehead atoms. The summed E-state index contributed by atoms with van der Waals surface area (Å²) in [7, 11) is 0. The summed E-state index contributed by atoms with van der Waals surface area (Å²) in [6, 6.07) is 0.349. The second-order valence-electron chi connectivity index (χ2n) is 5.52. The summed E-state index contributed by atoms with van der Waals surface area (Å²) >= 11 is 0. The van der Waals surface area contributed by atoms with Crippen molar-refractivity contribution in [2.45, 2.75) is 63.8 Å². The number of hydrogen-bond acceptors (Lipinski definition) is 2. The average molecular weight is 209 g/mol. The molecule has 15 heavy (non-hydrogen) atoms. The van der Waals surface area contributed by atoms with Gasteiger partial charge in [0.2, 0.25) is 0 Å². The zero-order chi connectivity index (χ0) is 10.7. The Kier molecular flexibility index (Phi) is 3.45. The molecule has 0 unspecified atom stereocenters. The average Bonchev–Trinajstić information content (AvgIpc) is 2.32. The van der Waals surface area contributed by atoms with Crippen molar-refractivity contribution in [2.75, 3.05) is 0 Å². The Morgan fingerprint density at radius 3 is 2.13 bits per heavy atom. The third kappa shape index (κ3) is 2.25. The third-order valence-electron chi connectivity index (χ3n) is 4.61. The van der Waals surface area contributed by atoms with E-state index in [1.807, 2.05) is 0 Å². The highest BCUT2D eigenvalue weighted by Gasteiger charge is 2.41. The second kappa shape index (κ2) is 4.65. The Hall–Kier alpha value is -0.370. The van der Waals surface area contributed by atoms with Crippen LogP contribution in [-0.4, -0.2) is 12.3 Å². The SMILES string of the molecule is NC1CCC(C=O)(C2CCCCC2)CC1. The van der Waals surface area contributed by atoms with Gasteiger partial charge in [-0.05, 0) is 44.4 Å². The monoisotopic (exact) mass is 209 g/mol. The summed E-state index contributed by atoms with van der Waals surface area (Å²) < 4.78 is 0. The van der Waals surface area contributed by atoms with Crippen molar-refractivity contribution in [3.05, 3.63) is 0 Å². The predicted molar refractivity (Wildman–Crippen MR) is 61.5 cm³/mol. The molecule has 0 atom stereocenters. The van der Waals surface area contributed by atoms with Crippen molar-refractivity contribution >= 4 is 6.29 Å². The summed E-state index contributed by atoms with van der Waals surface area (Å²) in [6.45, 7) is 0. The molecule has 2 heteroatoms. The highest BCUT2D eigenvalue weighted by Crippen LogP contribution is 2.46. The fourth-order valence-corrected chi connectivity index (χ4v) is 3.48. The van der Waals surface area contributed by atoms with E-state index in [0.717, 1.165) is 25.7 Å². The minimum atomic E-state index is 0.0102. The fraction of sp³-hybridized carbons (Fsp3) is 0.923. The van der Waals surface area contributed by atoms with Gasteiger partial charge in [0.25, 0.3) is 0 Å². The molecule has 0 radical (unpaired) electrons. The van der Waals surface area contributed by atoms with Crippen LogP contribution in [-0.2, 0) is 4.79 Å². The Morgan fingerprint density at radius 2 is 1.60 bits per heavy atom. The molecule has 0 aliphatic heterocycles. The fourth-order valence-electron chi connectivity index (χ4n) is 3.48. The molecule has 86 valence electrons. The molecule has 2 fully saturated rings. The van der Waals surface area contributed by atoms with E-state index in [-0.39, 0.29) is 5.41 Å². The third-order valence-corrected chi connectivity index (χ3v) is 4.61. The van der Waals surface area contributed by atoms with Gasteiger partial charge < -0.3 is 10.5 Å². The van der Waals surface area contributed by atoms with E-state index in [9.17, 15) is 4.79 Å². The number of nitrogens with two attached hydrogens (primary N) is 1. The molecule has 2 saturated carbocycles. The van der Waals surface area contributed by atoms with Crippen LogP contribution in [0.1, 0.15) is 57.8 Å². The number of hydrogen-bond donors (Lipinski definition) is 1. The van der Waals surface area contributed by atoms with Crippen LogP contribution in [0.2, 0.25) is 0 Å². The van der Waals surface area contributed by atoms with Gasteiger partial charge in [-0.3, -0.25) is 0 Å². The van der Waals surface area contributed by atoms with Crippen molar-refractivity contribution in [2.24, 2.45) is 17.1 Å². The molecule has 2 nitrogen and oxygen atoms in total. The van der Waals surface area contributed by atoms with Crippen molar-refractivity contribution < 1.29 is 4.79 Å². The second-order valence-corrected chi connectivity index (χ2v) is 5.52. The Bertz CT molecular complexity index is 213. The predicted octanol–water partition coefficient (Wildman–Crippen LogP) is 2.65. The summed E-state index contributed by atoms with van der Waals surface area (Å²) in [6.07, 6.45) is 12.0. The molecule has 2 aliphatic rings. The maximum Gasteiger partial charge on any atom is 0.126 e. The summed E-state index contributed by atoms with van der Waals surface area (Å²) in [4.78, 5) is 11.4. The van der Waals surface area contributed by atoms with Crippen LogP contribution >= 0.6 is 0 Å². The smallest absolute Gasteiger partial charge is 0.126 e. The quantitative estimate of drug-likeness (QED) is 0.710. The minimum absolute atomic E-state index is 0.0102. The van der Waals surface area contributed by atoms with Crippen LogP contribution < -0.4 is 5.73 Å². The minimum Gasteiger partial charge on any atom is -0.328 e. The normalized spacial score (nSPS) is 38.9. The van der Waals surface area contributed by atoms with E-state index < -0.39 is 0 Å². The van der Waals surface area contributed by atoms with Crippen molar-refractivity contribution in [3.63, 3.8) is 0 Å². The number of carbonyl (C=O) groups is 1. The molecule has 0 heterocycles. The topological polar surface area (TPSA) is 43.1 Å². The molecule has 2 N–H and O–H groups in total. The van der Waals surface area contributed by atoms with Gasteiger partial charge in [0.1, 0.15) is 6.29 Å². The number of rotatable bonds is 2. The van der Waals surface area contributed by atoms with Crippen molar-refractivity contribution in [1.29, 1.82) is 0 Å². The van der Waals surface area contributed by atoms with E-state index >= 15 is 0 Å². The standard InChI is InChI=1S/C13H23NO/c14-12-6-8-13(10-15,9-7-12)11-4-2-1-3-5-11/h10-12H,1-9,14H2. The summed E-state index contributed by atoms with van der Waals surface area (Å²) in [5, 5.41) is 0. The molecule has 0 aromatic carbocycles. The lowest BCUT2D eigenvalue weighted by molar-refractivity contribution is -0.122. The molecule has 0 aromatic heterocycles. The van der Waals surface area contributed by atoms with Gasteiger partial charge in [-0.2, -0.15) is 0 Å². The van der Waals surface area contributed by atoms with Gasteiger partial charge in [0.05, 0.1) is 0 Å². The molecular weight excluding hydrogens is 186 g/mol. The van der Waals surface area contributed by atoms with Crippen LogP contribution in [0, 0.1) is 11.3 Å². The summed E-state index contributed by atoms with van der Waals surface area (Å²) in [5.74, 6) is 0.663. The van der Waals surface area contributed by atoms with Gasteiger partial charge in [-0.15, -0.1) is 0 Å². The highest BCUT2D eigenvalue weighted by atomic mass is 16.1. The van der Waals surface area contributed by atoms with Gasteiger partial charge in [0.15, 0.2) is 0 Å². The zero-order valence-corrected chi connectivity index (χ0v) is 9.58. The molecule has 0 amide bonds. The Labute approximate surface area is 92.6 Å². The summed E-state index contributed by atoms with van der Waals surface area (Å²) in [5.41, 5.74) is 5.93. The van der Waals surface area contributed by atoms with Crippen LogP contribution in [0.3, 0.4) is 0 Å². The number of carbonyl (C=O) groups excluding carboxylic acids is 1. The van der Waals surface area contributed by atoms with Crippen LogP contribution in [0.25, 0.3) is 0 Å². The first-order valence-electron chi connectivity index (χ1n) is 6.49. The van der Waals surface area contributed by atoms with Gasteiger partial charge in [-0.1, -0.05) is 19.3 Å². The molecule has 0 spiro atoms. The lowest BCUT2D eigenvalue weighted by atomic mass is 9.62. The zero-order valence-electron chi connectivity index (χ0n) is 9.58. The van der Waals surface area contributed by atoms with Crippen molar-refractivity contribution in [1.82, 2.24) is 0 Å². The van der Waals surface area contributed by atoms with E-state index in [1.165, 1.54) is 38.4 Å². The number of aldehydes is 1. The first kappa shape index (κ1) is 11.1. The van der Waals surface area contributed by atoms with E-state index in [2.05, 4.69) is 0 Å². The maximum absolute atomic E-state index is 11.4. The molecular formula is C13H23NO. The first-order valence-corrected chi connectivity index (χ1v) is 6.49. The van der Waals surface area contributed by atoms with Crippen LogP contribution in [0.5, 0.6) is 0 Å². The lowest BCUT2D eigenvalue weighted by Gasteiger charge is -2.42. The van der Waals surface area contributed by atoms with Gasteiger partial charge >= 0.3 is 0 Å². The molecule has 0 saturated heterocycles. The van der Waals surface area contributed by atoms with Gasteiger partial charge in [0, 0.05) is 11.5 Å². The Balaban J connectivity index is 2.03.